The molecule has 0 bridgehead atoms. The molecule has 2 rings (SSSR count). The molecule has 0 radical (unpaired) electrons. The summed E-state index contributed by atoms with van der Waals surface area (Å²) in [6, 6.07) is 3.36. The summed E-state index contributed by atoms with van der Waals surface area (Å²) in [5.41, 5.74) is 1.08. The van der Waals surface area contributed by atoms with E-state index in [9.17, 15) is 13.2 Å². The van der Waals surface area contributed by atoms with Crippen molar-refractivity contribution in [3.05, 3.63) is 24.0 Å². The van der Waals surface area contributed by atoms with E-state index in [2.05, 4.69) is 15.6 Å². The van der Waals surface area contributed by atoms with Gasteiger partial charge in [0.15, 0.2) is 9.84 Å². The van der Waals surface area contributed by atoms with E-state index in [1.807, 2.05) is 13.8 Å². The average Bonchev–Trinajstić information content (AvgIpc) is 2.68. The summed E-state index contributed by atoms with van der Waals surface area (Å²) in [5, 5.41) is 5.89. The molecule has 1 saturated heterocycles. The van der Waals surface area contributed by atoms with Gasteiger partial charge in [0.25, 0.3) is 5.91 Å². The molecule has 2 N–H and O–H groups in total. The summed E-state index contributed by atoms with van der Waals surface area (Å²) in [5.74, 6) is 0.172. The molecule has 2 heterocycles. The van der Waals surface area contributed by atoms with Crippen molar-refractivity contribution in [3.63, 3.8) is 0 Å². The number of amides is 1. The van der Waals surface area contributed by atoms with Crippen LogP contribution in [0.5, 0.6) is 0 Å². The van der Waals surface area contributed by atoms with Crippen LogP contribution in [0.1, 0.15) is 30.8 Å². The maximum absolute atomic E-state index is 11.7. The lowest BCUT2D eigenvalue weighted by molar-refractivity contribution is 0.0938. The minimum atomic E-state index is -2.90. The predicted molar refractivity (Wildman–Crippen MR) is 77.5 cm³/mol. The number of anilines is 1. The van der Waals surface area contributed by atoms with Crippen LogP contribution in [0.25, 0.3) is 0 Å². The minimum absolute atomic E-state index is 0.0609. The Bertz CT molecular complexity index is 581. The van der Waals surface area contributed by atoms with Gasteiger partial charge in [-0.1, -0.05) is 0 Å². The maximum atomic E-state index is 11.7. The largest absolute Gasteiger partial charge is 0.380 e. The van der Waals surface area contributed by atoms with E-state index < -0.39 is 9.84 Å². The second-order valence-corrected chi connectivity index (χ2v) is 7.53. The summed E-state index contributed by atoms with van der Waals surface area (Å²) in [7, 11) is -2.90. The van der Waals surface area contributed by atoms with Crippen molar-refractivity contribution < 1.29 is 13.2 Å². The summed E-state index contributed by atoms with van der Waals surface area (Å²) in [6.45, 7) is 3.77. The SMILES string of the molecule is CC(C)NC(=O)c1ccc(NC2CCS(=O)(=O)C2)cn1. The predicted octanol–water partition coefficient (Wildman–Crippen LogP) is 0.819. The number of nitrogens with zero attached hydrogens (tertiary/aromatic N) is 1. The Morgan fingerprint density at radius 2 is 2.15 bits per heavy atom. The van der Waals surface area contributed by atoms with Gasteiger partial charge in [-0.15, -0.1) is 0 Å². The highest BCUT2D eigenvalue weighted by molar-refractivity contribution is 7.91. The fourth-order valence-corrected chi connectivity index (χ4v) is 3.77. The van der Waals surface area contributed by atoms with Crippen LogP contribution >= 0.6 is 0 Å². The van der Waals surface area contributed by atoms with E-state index in [4.69, 9.17) is 0 Å². The Morgan fingerprint density at radius 1 is 1.40 bits per heavy atom. The van der Waals surface area contributed by atoms with Gasteiger partial charge in [0, 0.05) is 12.1 Å². The third-order valence-corrected chi connectivity index (χ3v) is 4.79. The van der Waals surface area contributed by atoms with Crippen LogP contribution in [0.3, 0.4) is 0 Å². The van der Waals surface area contributed by atoms with Gasteiger partial charge in [0.1, 0.15) is 5.69 Å². The van der Waals surface area contributed by atoms with Crippen molar-refractivity contribution in [2.75, 3.05) is 16.8 Å². The first-order valence-corrected chi connectivity index (χ1v) is 8.42. The number of rotatable bonds is 4. The highest BCUT2D eigenvalue weighted by atomic mass is 32.2. The van der Waals surface area contributed by atoms with Crippen LogP contribution in [-0.4, -0.2) is 42.9 Å². The van der Waals surface area contributed by atoms with Gasteiger partial charge in [0.05, 0.1) is 23.4 Å². The van der Waals surface area contributed by atoms with Gasteiger partial charge < -0.3 is 10.6 Å². The summed E-state index contributed by atoms with van der Waals surface area (Å²) < 4.78 is 22.7. The zero-order valence-electron chi connectivity index (χ0n) is 11.6. The third kappa shape index (κ3) is 3.93. The van der Waals surface area contributed by atoms with Crippen molar-refractivity contribution in [1.82, 2.24) is 10.3 Å². The molecule has 6 nitrogen and oxygen atoms in total. The molecule has 0 aromatic carbocycles. The first kappa shape index (κ1) is 14.8. The topological polar surface area (TPSA) is 88.2 Å². The number of carbonyl (C=O) groups is 1. The molecule has 1 amide bonds. The number of nitrogens with one attached hydrogen (secondary N) is 2. The van der Waals surface area contributed by atoms with Crippen LogP contribution < -0.4 is 10.6 Å². The first-order valence-electron chi connectivity index (χ1n) is 6.59. The van der Waals surface area contributed by atoms with Crippen LogP contribution in [-0.2, 0) is 9.84 Å². The molecule has 1 aromatic heterocycles. The number of carbonyl (C=O) groups excluding carboxylic acids is 1. The second kappa shape index (κ2) is 5.78. The second-order valence-electron chi connectivity index (χ2n) is 5.30. The number of hydrogen-bond donors (Lipinski definition) is 2. The molecular weight excluding hydrogens is 278 g/mol. The van der Waals surface area contributed by atoms with Crippen LogP contribution in [0.4, 0.5) is 5.69 Å². The van der Waals surface area contributed by atoms with Crippen LogP contribution in [0.2, 0.25) is 0 Å². The van der Waals surface area contributed by atoms with Crippen molar-refractivity contribution in [3.8, 4) is 0 Å². The van der Waals surface area contributed by atoms with Crippen molar-refractivity contribution in [1.29, 1.82) is 0 Å². The minimum Gasteiger partial charge on any atom is -0.380 e. The zero-order chi connectivity index (χ0) is 14.8. The summed E-state index contributed by atoms with van der Waals surface area (Å²) >= 11 is 0. The number of pyridine rings is 1. The maximum Gasteiger partial charge on any atom is 0.270 e. The molecule has 7 heteroatoms. The molecule has 1 aromatic rings. The van der Waals surface area contributed by atoms with E-state index in [1.54, 1.807) is 18.3 Å². The average molecular weight is 297 g/mol. The standard InChI is InChI=1S/C13H19N3O3S/c1-9(2)15-13(17)12-4-3-10(7-14-12)16-11-5-6-20(18,19)8-11/h3-4,7,9,11,16H,5-6,8H2,1-2H3,(H,15,17). The lowest BCUT2D eigenvalue weighted by atomic mass is 10.2. The Balaban J connectivity index is 1.97. The van der Waals surface area contributed by atoms with Gasteiger partial charge in [0.2, 0.25) is 0 Å². The number of sulfone groups is 1. The molecular formula is C13H19N3O3S. The Labute approximate surface area is 118 Å². The Kier molecular flexibility index (Phi) is 4.27. The van der Waals surface area contributed by atoms with Crippen molar-refractivity contribution in [2.24, 2.45) is 0 Å². The third-order valence-electron chi connectivity index (χ3n) is 3.02. The van der Waals surface area contributed by atoms with Crippen LogP contribution in [0.15, 0.2) is 18.3 Å². The number of aromatic nitrogens is 1. The molecule has 1 fully saturated rings. The molecule has 0 aliphatic carbocycles. The fraction of sp³-hybridized carbons (Fsp3) is 0.538. The van der Waals surface area contributed by atoms with Gasteiger partial charge in [-0.25, -0.2) is 13.4 Å². The van der Waals surface area contributed by atoms with E-state index >= 15 is 0 Å². The molecule has 110 valence electrons. The van der Waals surface area contributed by atoms with Gasteiger partial charge >= 0.3 is 0 Å². The smallest absolute Gasteiger partial charge is 0.270 e. The quantitative estimate of drug-likeness (QED) is 0.859. The summed E-state index contributed by atoms with van der Waals surface area (Å²) in [6.07, 6.45) is 2.16. The molecule has 1 aliphatic heterocycles. The van der Waals surface area contributed by atoms with Gasteiger partial charge in [-0.2, -0.15) is 0 Å². The fourth-order valence-electron chi connectivity index (χ4n) is 2.09. The molecule has 1 unspecified atom stereocenters. The van der Waals surface area contributed by atoms with E-state index in [0.29, 0.717) is 12.1 Å². The van der Waals surface area contributed by atoms with Crippen LogP contribution in [0, 0.1) is 0 Å². The first-order chi connectivity index (χ1) is 9.35. The van der Waals surface area contributed by atoms with E-state index in [0.717, 1.165) is 5.69 Å². The Morgan fingerprint density at radius 3 is 2.65 bits per heavy atom. The van der Waals surface area contributed by atoms with Crippen molar-refractivity contribution in [2.45, 2.75) is 32.4 Å². The number of hydrogen-bond acceptors (Lipinski definition) is 5. The van der Waals surface area contributed by atoms with Gasteiger partial charge in [-0.3, -0.25) is 4.79 Å². The van der Waals surface area contributed by atoms with E-state index in [-0.39, 0.29) is 29.5 Å². The highest BCUT2D eigenvalue weighted by Gasteiger charge is 2.27. The Hall–Kier alpha value is -1.63. The molecule has 0 saturated carbocycles. The molecule has 1 atom stereocenters. The highest BCUT2D eigenvalue weighted by Crippen LogP contribution is 2.17. The molecule has 20 heavy (non-hydrogen) atoms. The van der Waals surface area contributed by atoms with Gasteiger partial charge in [-0.05, 0) is 32.4 Å². The lowest BCUT2D eigenvalue weighted by Crippen LogP contribution is -2.30. The normalized spacial score (nSPS) is 20.9. The summed E-state index contributed by atoms with van der Waals surface area (Å²) in [4.78, 5) is 15.8. The molecule has 0 spiro atoms. The van der Waals surface area contributed by atoms with E-state index in [1.165, 1.54) is 0 Å². The zero-order valence-corrected chi connectivity index (χ0v) is 12.4. The molecule has 1 aliphatic rings. The van der Waals surface area contributed by atoms with Crippen molar-refractivity contribution >= 4 is 21.4 Å². The monoisotopic (exact) mass is 297 g/mol. The lowest BCUT2D eigenvalue weighted by Gasteiger charge is -2.12.